The van der Waals surface area contributed by atoms with Gasteiger partial charge in [0.15, 0.2) is 0 Å². The van der Waals surface area contributed by atoms with Crippen molar-refractivity contribution >= 4 is 5.82 Å². The molecule has 0 radical (unpaired) electrons. The van der Waals surface area contributed by atoms with Gasteiger partial charge in [0.05, 0.1) is 12.7 Å². The fourth-order valence-electron chi connectivity index (χ4n) is 2.05. The van der Waals surface area contributed by atoms with Crippen LogP contribution >= 0.6 is 0 Å². The number of nitrogens with zero attached hydrogens (tertiary/aromatic N) is 3. The summed E-state index contributed by atoms with van der Waals surface area (Å²) >= 11 is 0. The number of likely N-dealkylation sites (N-methyl/N-ethyl adjacent to an activating group) is 1. The first kappa shape index (κ1) is 13.1. The van der Waals surface area contributed by atoms with Gasteiger partial charge in [0.1, 0.15) is 12.1 Å². The number of hydrogen-bond donors (Lipinski definition) is 1. The van der Waals surface area contributed by atoms with E-state index in [1.54, 1.807) is 7.11 Å². The normalized spacial score (nSPS) is 16.7. The second-order valence-corrected chi connectivity index (χ2v) is 4.98. The molecule has 0 bridgehead atoms. The SMILES string of the molecule is COc1ncnc(NCC(C)N(C)C2CC2)c1C. The number of methoxy groups -OCH3 is 1. The lowest BCUT2D eigenvalue weighted by Crippen LogP contribution is -2.36. The van der Waals surface area contributed by atoms with Crippen LogP contribution in [0.4, 0.5) is 5.82 Å². The Hall–Kier alpha value is -1.36. The summed E-state index contributed by atoms with van der Waals surface area (Å²) < 4.78 is 5.19. The van der Waals surface area contributed by atoms with Crippen molar-refractivity contribution in [3.05, 3.63) is 11.9 Å². The summed E-state index contributed by atoms with van der Waals surface area (Å²) in [6.07, 6.45) is 4.20. The summed E-state index contributed by atoms with van der Waals surface area (Å²) in [7, 11) is 3.82. The molecule has 1 atom stereocenters. The van der Waals surface area contributed by atoms with E-state index in [0.29, 0.717) is 11.9 Å². The third-order valence-electron chi connectivity index (χ3n) is 3.61. The van der Waals surface area contributed by atoms with Crippen molar-refractivity contribution in [2.45, 2.75) is 38.8 Å². The molecule has 0 amide bonds. The number of anilines is 1. The van der Waals surface area contributed by atoms with E-state index in [1.165, 1.54) is 19.2 Å². The van der Waals surface area contributed by atoms with Crippen molar-refractivity contribution < 1.29 is 4.74 Å². The molecule has 100 valence electrons. The Morgan fingerprint density at radius 3 is 2.83 bits per heavy atom. The van der Waals surface area contributed by atoms with Crippen LogP contribution in [0.15, 0.2) is 6.33 Å². The predicted octanol–water partition coefficient (Wildman–Crippen LogP) is 1.69. The van der Waals surface area contributed by atoms with E-state index < -0.39 is 0 Å². The first-order valence-corrected chi connectivity index (χ1v) is 6.45. The van der Waals surface area contributed by atoms with Crippen LogP contribution in [0.25, 0.3) is 0 Å². The highest BCUT2D eigenvalue weighted by molar-refractivity contribution is 5.47. The maximum absolute atomic E-state index is 5.19. The summed E-state index contributed by atoms with van der Waals surface area (Å²) in [4.78, 5) is 10.8. The second kappa shape index (κ2) is 5.52. The lowest BCUT2D eigenvalue weighted by atomic mass is 10.2. The highest BCUT2D eigenvalue weighted by atomic mass is 16.5. The largest absolute Gasteiger partial charge is 0.481 e. The maximum atomic E-state index is 5.19. The van der Waals surface area contributed by atoms with E-state index >= 15 is 0 Å². The van der Waals surface area contributed by atoms with Crippen LogP contribution in [0.1, 0.15) is 25.3 Å². The molecule has 0 aliphatic heterocycles. The van der Waals surface area contributed by atoms with Crippen LogP contribution in [-0.4, -0.2) is 47.7 Å². The highest BCUT2D eigenvalue weighted by Gasteiger charge is 2.28. The Labute approximate surface area is 109 Å². The Morgan fingerprint density at radius 2 is 2.22 bits per heavy atom. The lowest BCUT2D eigenvalue weighted by Gasteiger charge is -2.25. The van der Waals surface area contributed by atoms with E-state index in [-0.39, 0.29) is 0 Å². The molecule has 1 aliphatic rings. The molecule has 1 fully saturated rings. The number of hydrogen-bond acceptors (Lipinski definition) is 5. The molecule has 1 aromatic heterocycles. The summed E-state index contributed by atoms with van der Waals surface area (Å²) in [5.41, 5.74) is 0.960. The minimum atomic E-state index is 0.498. The van der Waals surface area contributed by atoms with Crippen LogP contribution < -0.4 is 10.1 Å². The number of nitrogens with one attached hydrogen (secondary N) is 1. The van der Waals surface area contributed by atoms with E-state index in [9.17, 15) is 0 Å². The molecule has 1 aliphatic carbocycles. The molecule has 1 saturated carbocycles. The summed E-state index contributed by atoms with van der Waals surface area (Å²) in [6, 6.07) is 1.28. The smallest absolute Gasteiger partial charge is 0.221 e. The van der Waals surface area contributed by atoms with Crippen LogP contribution in [0.5, 0.6) is 5.88 Å². The number of aromatic nitrogens is 2. The molecule has 18 heavy (non-hydrogen) atoms. The Kier molecular flexibility index (Phi) is 4.01. The van der Waals surface area contributed by atoms with Crippen molar-refractivity contribution in [3.63, 3.8) is 0 Å². The van der Waals surface area contributed by atoms with Crippen molar-refractivity contribution in [3.8, 4) is 5.88 Å². The molecular weight excluding hydrogens is 228 g/mol. The first-order valence-electron chi connectivity index (χ1n) is 6.45. The fourth-order valence-corrected chi connectivity index (χ4v) is 2.05. The van der Waals surface area contributed by atoms with Gasteiger partial charge in [-0.25, -0.2) is 9.97 Å². The van der Waals surface area contributed by atoms with Gasteiger partial charge in [-0.05, 0) is 33.7 Å². The van der Waals surface area contributed by atoms with Gasteiger partial charge in [-0.3, -0.25) is 4.90 Å². The van der Waals surface area contributed by atoms with Gasteiger partial charge < -0.3 is 10.1 Å². The molecule has 1 N–H and O–H groups in total. The molecule has 5 heteroatoms. The highest BCUT2D eigenvalue weighted by Crippen LogP contribution is 2.27. The summed E-state index contributed by atoms with van der Waals surface area (Å²) in [5, 5.41) is 3.38. The molecular formula is C13H22N4O. The standard InChI is InChI=1S/C13H22N4O/c1-9(17(3)11-5-6-11)7-14-12-10(2)13(18-4)16-8-15-12/h8-9,11H,5-7H2,1-4H3,(H,14,15,16). The zero-order chi connectivity index (χ0) is 13.1. The monoisotopic (exact) mass is 250 g/mol. The Bertz CT molecular complexity index is 406. The number of ether oxygens (including phenoxy) is 1. The fraction of sp³-hybridized carbons (Fsp3) is 0.692. The predicted molar refractivity (Wildman–Crippen MR) is 72.1 cm³/mol. The van der Waals surface area contributed by atoms with Gasteiger partial charge in [0.2, 0.25) is 5.88 Å². The van der Waals surface area contributed by atoms with Crippen LogP contribution in [0.3, 0.4) is 0 Å². The average Bonchev–Trinajstić information content (AvgIpc) is 3.20. The van der Waals surface area contributed by atoms with Gasteiger partial charge in [0.25, 0.3) is 0 Å². The Morgan fingerprint density at radius 1 is 1.50 bits per heavy atom. The van der Waals surface area contributed by atoms with E-state index in [1.807, 2.05) is 6.92 Å². The second-order valence-electron chi connectivity index (χ2n) is 4.98. The molecule has 1 aromatic rings. The van der Waals surface area contributed by atoms with Gasteiger partial charge in [0, 0.05) is 18.6 Å². The van der Waals surface area contributed by atoms with Crippen LogP contribution in [0.2, 0.25) is 0 Å². The molecule has 2 rings (SSSR count). The molecule has 0 spiro atoms. The van der Waals surface area contributed by atoms with Gasteiger partial charge >= 0.3 is 0 Å². The lowest BCUT2D eigenvalue weighted by molar-refractivity contribution is 0.257. The first-order chi connectivity index (χ1) is 8.63. The summed E-state index contributed by atoms with van der Waals surface area (Å²) in [6.45, 7) is 5.09. The Balaban J connectivity index is 1.93. The quantitative estimate of drug-likeness (QED) is 0.832. The van der Waals surface area contributed by atoms with Crippen molar-refractivity contribution in [2.24, 2.45) is 0 Å². The zero-order valence-corrected chi connectivity index (χ0v) is 11.6. The average molecular weight is 250 g/mol. The molecule has 0 aromatic carbocycles. The van der Waals surface area contributed by atoms with Gasteiger partial charge in [-0.15, -0.1) is 0 Å². The van der Waals surface area contributed by atoms with Crippen molar-refractivity contribution in [1.82, 2.24) is 14.9 Å². The van der Waals surface area contributed by atoms with Crippen LogP contribution in [0, 0.1) is 6.92 Å². The molecule has 1 unspecified atom stereocenters. The van der Waals surface area contributed by atoms with Gasteiger partial charge in [-0.1, -0.05) is 0 Å². The molecule has 1 heterocycles. The maximum Gasteiger partial charge on any atom is 0.221 e. The third-order valence-corrected chi connectivity index (χ3v) is 3.61. The van der Waals surface area contributed by atoms with E-state index in [0.717, 1.165) is 24.0 Å². The van der Waals surface area contributed by atoms with Crippen molar-refractivity contribution in [1.29, 1.82) is 0 Å². The number of rotatable bonds is 6. The molecule has 5 nitrogen and oxygen atoms in total. The van der Waals surface area contributed by atoms with E-state index in [2.05, 4.69) is 34.2 Å². The summed E-state index contributed by atoms with van der Waals surface area (Å²) in [5.74, 6) is 1.49. The minimum absolute atomic E-state index is 0.498. The topological polar surface area (TPSA) is 50.3 Å². The van der Waals surface area contributed by atoms with E-state index in [4.69, 9.17) is 4.74 Å². The zero-order valence-electron chi connectivity index (χ0n) is 11.6. The third kappa shape index (κ3) is 2.90. The van der Waals surface area contributed by atoms with Gasteiger partial charge in [-0.2, -0.15) is 0 Å². The van der Waals surface area contributed by atoms with Crippen LogP contribution in [-0.2, 0) is 0 Å². The molecule has 0 saturated heterocycles. The van der Waals surface area contributed by atoms with Crippen molar-refractivity contribution in [2.75, 3.05) is 26.0 Å². The minimum Gasteiger partial charge on any atom is -0.481 e.